The second-order valence-electron chi connectivity index (χ2n) is 7.33. The average molecular weight is 361 g/mol. The van der Waals surface area contributed by atoms with Gasteiger partial charge in [0.05, 0.1) is 25.4 Å². The van der Waals surface area contributed by atoms with Crippen molar-refractivity contribution in [1.82, 2.24) is 5.32 Å². The van der Waals surface area contributed by atoms with Gasteiger partial charge in [-0.1, -0.05) is 12.1 Å². The minimum absolute atomic E-state index is 0.111. The van der Waals surface area contributed by atoms with Gasteiger partial charge in [-0.2, -0.15) is 0 Å². The molecule has 6 nitrogen and oxygen atoms in total. The van der Waals surface area contributed by atoms with Crippen LogP contribution in [-0.2, 0) is 14.1 Å². The third-order valence-corrected chi connectivity index (χ3v) is 4.86. The van der Waals surface area contributed by atoms with Crippen LogP contribution in [0.3, 0.4) is 0 Å². The van der Waals surface area contributed by atoms with E-state index in [1.165, 1.54) is 6.92 Å². The van der Waals surface area contributed by atoms with Crippen molar-refractivity contribution in [2.24, 2.45) is 0 Å². The van der Waals surface area contributed by atoms with Crippen molar-refractivity contribution in [1.29, 1.82) is 0 Å². The fourth-order valence-electron chi connectivity index (χ4n) is 2.58. The highest BCUT2D eigenvalue weighted by atomic mass is 16.7. The van der Waals surface area contributed by atoms with E-state index in [0.717, 1.165) is 11.0 Å². The monoisotopic (exact) mass is 361 g/mol. The number of carbonyl (C=O) groups excluding carboxylic acids is 1. The maximum absolute atomic E-state index is 11.4. The summed E-state index contributed by atoms with van der Waals surface area (Å²) in [4.78, 5) is 11.4. The van der Waals surface area contributed by atoms with Crippen molar-refractivity contribution >= 4 is 19.1 Å². The lowest BCUT2D eigenvalue weighted by Gasteiger charge is -2.32. The van der Waals surface area contributed by atoms with Crippen LogP contribution in [0, 0.1) is 0 Å². The minimum Gasteiger partial charge on any atom is -0.493 e. The summed E-state index contributed by atoms with van der Waals surface area (Å²) in [5, 5.41) is 2.83. The van der Waals surface area contributed by atoms with Crippen LogP contribution < -0.4 is 14.8 Å². The van der Waals surface area contributed by atoms with Crippen molar-refractivity contribution in [3.05, 3.63) is 29.2 Å². The Morgan fingerprint density at radius 3 is 2.19 bits per heavy atom. The lowest BCUT2D eigenvalue weighted by atomic mass is 9.77. The van der Waals surface area contributed by atoms with Crippen molar-refractivity contribution in [3.8, 4) is 11.5 Å². The zero-order valence-electron chi connectivity index (χ0n) is 16.6. The number of carbonyl (C=O) groups is 1. The molecule has 0 spiro atoms. The quantitative estimate of drug-likeness (QED) is 0.790. The highest BCUT2D eigenvalue weighted by Crippen LogP contribution is 2.39. The molecule has 1 N–H and O–H groups in total. The van der Waals surface area contributed by atoms with E-state index >= 15 is 0 Å². The molecule has 0 saturated carbocycles. The Morgan fingerprint density at radius 1 is 1.12 bits per heavy atom. The molecule has 26 heavy (non-hydrogen) atoms. The normalized spacial score (nSPS) is 18.6. The summed E-state index contributed by atoms with van der Waals surface area (Å²) in [7, 11) is 2.65. The van der Waals surface area contributed by atoms with Gasteiger partial charge in [0.15, 0.2) is 11.5 Å². The van der Waals surface area contributed by atoms with E-state index < -0.39 is 18.3 Å². The molecular formula is C19H28BNO5. The Kier molecular flexibility index (Phi) is 6.03. The van der Waals surface area contributed by atoms with Crippen molar-refractivity contribution < 1.29 is 23.6 Å². The molecule has 1 aliphatic heterocycles. The number of benzene rings is 1. The summed E-state index contributed by atoms with van der Waals surface area (Å²) in [6.45, 7) is 9.82. The number of hydrogen-bond acceptors (Lipinski definition) is 5. The van der Waals surface area contributed by atoms with E-state index in [2.05, 4.69) is 5.32 Å². The molecule has 2 rings (SSSR count). The SMILES string of the molecule is COc1ccc(C=C(CNC(C)=O)B2OC(C)(C)C(C)(C)O2)cc1OC. The molecule has 0 unspecified atom stereocenters. The van der Waals surface area contributed by atoms with Crippen LogP contribution in [0.25, 0.3) is 6.08 Å². The Bertz CT molecular complexity index is 683. The molecule has 1 aliphatic rings. The molecule has 1 fully saturated rings. The molecule has 1 amide bonds. The first-order chi connectivity index (χ1) is 12.1. The molecule has 0 bridgehead atoms. The van der Waals surface area contributed by atoms with Crippen LogP contribution in [0.5, 0.6) is 11.5 Å². The smallest absolute Gasteiger partial charge is 0.492 e. The fourth-order valence-corrected chi connectivity index (χ4v) is 2.58. The molecule has 0 aliphatic carbocycles. The number of ether oxygens (including phenoxy) is 2. The molecule has 1 aromatic carbocycles. The summed E-state index contributed by atoms with van der Waals surface area (Å²) in [6, 6.07) is 5.63. The summed E-state index contributed by atoms with van der Waals surface area (Å²) < 4.78 is 22.9. The lowest BCUT2D eigenvalue weighted by molar-refractivity contribution is -0.118. The summed E-state index contributed by atoms with van der Waals surface area (Å²) in [6.07, 6.45) is 1.94. The van der Waals surface area contributed by atoms with Gasteiger partial charge < -0.3 is 24.1 Å². The van der Waals surface area contributed by atoms with Crippen LogP contribution in [0.4, 0.5) is 0 Å². The van der Waals surface area contributed by atoms with Gasteiger partial charge in [-0.3, -0.25) is 4.79 Å². The van der Waals surface area contributed by atoms with E-state index in [4.69, 9.17) is 18.8 Å². The van der Waals surface area contributed by atoms with Gasteiger partial charge in [0, 0.05) is 13.5 Å². The predicted octanol–water partition coefficient (Wildman–Crippen LogP) is 2.85. The standard InChI is InChI=1S/C19H28BNO5/c1-13(22)21-12-15(20-25-18(2,3)19(4,5)26-20)10-14-8-9-16(23-6)17(11-14)24-7/h8-11H,12H2,1-7H3,(H,21,22). The van der Waals surface area contributed by atoms with E-state index in [-0.39, 0.29) is 5.91 Å². The second kappa shape index (κ2) is 7.72. The van der Waals surface area contributed by atoms with Crippen LogP contribution in [-0.4, -0.2) is 45.0 Å². The summed E-state index contributed by atoms with van der Waals surface area (Å²) >= 11 is 0. The minimum atomic E-state index is -0.542. The van der Waals surface area contributed by atoms with Crippen LogP contribution in [0.15, 0.2) is 23.7 Å². The molecule has 142 valence electrons. The second-order valence-corrected chi connectivity index (χ2v) is 7.33. The maximum atomic E-state index is 11.4. The molecular weight excluding hydrogens is 333 g/mol. The van der Waals surface area contributed by atoms with Gasteiger partial charge in [-0.05, 0) is 50.9 Å². The molecule has 0 aromatic heterocycles. The Hall–Kier alpha value is -1.99. The lowest BCUT2D eigenvalue weighted by Crippen LogP contribution is -2.41. The maximum Gasteiger partial charge on any atom is 0.492 e. The Labute approximate surface area is 156 Å². The molecule has 7 heteroatoms. The molecule has 1 saturated heterocycles. The van der Waals surface area contributed by atoms with Gasteiger partial charge in [0.25, 0.3) is 0 Å². The molecule has 0 radical (unpaired) electrons. The average Bonchev–Trinajstić information content (AvgIpc) is 2.78. The number of rotatable bonds is 6. The van der Waals surface area contributed by atoms with Crippen LogP contribution in [0.2, 0.25) is 0 Å². The van der Waals surface area contributed by atoms with Crippen LogP contribution >= 0.6 is 0 Å². The first-order valence-corrected chi connectivity index (χ1v) is 8.62. The third-order valence-electron chi connectivity index (χ3n) is 4.86. The fraction of sp³-hybridized carbons (Fsp3) is 0.526. The number of nitrogens with one attached hydrogen (secondary N) is 1. The first-order valence-electron chi connectivity index (χ1n) is 8.62. The zero-order chi connectivity index (χ0) is 19.5. The summed E-state index contributed by atoms with van der Waals surface area (Å²) in [5.41, 5.74) is 0.818. The van der Waals surface area contributed by atoms with E-state index in [1.807, 2.05) is 52.0 Å². The Morgan fingerprint density at radius 2 is 1.69 bits per heavy atom. The van der Waals surface area contributed by atoms with Gasteiger partial charge >= 0.3 is 7.12 Å². The van der Waals surface area contributed by atoms with E-state index in [0.29, 0.717) is 18.0 Å². The van der Waals surface area contributed by atoms with Crippen molar-refractivity contribution in [2.45, 2.75) is 45.8 Å². The predicted molar refractivity (Wildman–Crippen MR) is 102 cm³/mol. The molecule has 1 aromatic rings. The third kappa shape index (κ3) is 4.40. The van der Waals surface area contributed by atoms with E-state index in [1.54, 1.807) is 14.2 Å². The van der Waals surface area contributed by atoms with Gasteiger partial charge in [-0.15, -0.1) is 0 Å². The highest BCUT2D eigenvalue weighted by Gasteiger charge is 2.52. The summed E-state index contributed by atoms with van der Waals surface area (Å²) in [5.74, 6) is 1.18. The molecule has 1 heterocycles. The van der Waals surface area contributed by atoms with Crippen LogP contribution in [0.1, 0.15) is 40.2 Å². The van der Waals surface area contributed by atoms with Crippen molar-refractivity contribution in [3.63, 3.8) is 0 Å². The number of methoxy groups -OCH3 is 2. The highest BCUT2D eigenvalue weighted by molar-refractivity contribution is 6.56. The number of hydrogen-bond donors (Lipinski definition) is 1. The first kappa shape index (κ1) is 20.3. The molecule has 0 atom stereocenters. The number of amides is 1. The Balaban J connectivity index is 2.36. The largest absolute Gasteiger partial charge is 0.493 e. The van der Waals surface area contributed by atoms with Gasteiger partial charge in [0.2, 0.25) is 5.91 Å². The van der Waals surface area contributed by atoms with E-state index in [9.17, 15) is 4.79 Å². The van der Waals surface area contributed by atoms with Gasteiger partial charge in [0.1, 0.15) is 0 Å². The topological polar surface area (TPSA) is 66.0 Å². The van der Waals surface area contributed by atoms with Gasteiger partial charge in [-0.25, -0.2) is 0 Å². The van der Waals surface area contributed by atoms with Crippen molar-refractivity contribution in [2.75, 3.05) is 20.8 Å². The zero-order valence-corrected chi connectivity index (χ0v) is 16.6.